The van der Waals surface area contributed by atoms with E-state index in [-0.39, 0.29) is 11.3 Å². The first-order valence-corrected chi connectivity index (χ1v) is 7.66. The number of halogens is 4. The summed E-state index contributed by atoms with van der Waals surface area (Å²) in [6, 6.07) is 9.18. The van der Waals surface area contributed by atoms with Crippen LogP contribution in [0.3, 0.4) is 0 Å². The van der Waals surface area contributed by atoms with E-state index in [1.807, 2.05) is 0 Å². The predicted molar refractivity (Wildman–Crippen MR) is 90.1 cm³/mol. The summed E-state index contributed by atoms with van der Waals surface area (Å²) in [7, 11) is 1.52. The Morgan fingerprint density at radius 1 is 1.04 bits per heavy atom. The summed E-state index contributed by atoms with van der Waals surface area (Å²) in [6.45, 7) is 0. The molecule has 3 rings (SSSR count). The largest absolute Gasteiger partial charge is 0.356 e. The molecule has 0 bridgehead atoms. The Kier molecular flexibility index (Phi) is 4.79. The minimum atomic E-state index is -2.83. The summed E-state index contributed by atoms with van der Waals surface area (Å²) >= 11 is 0. The Balaban J connectivity index is 2.00. The number of alkyl halides is 2. The number of aryl methyl sites for hydroxylation is 1. The molecule has 1 aromatic heterocycles. The van der Waals surface area contributed by atoms with Crippen molar-refractivity contribution in [2.45, 2.75) is 6.43 Å². The predicted octanol–water partition coefficient (Wildman–Crippen LogP) is 5.16. The van der Waals surface area contributed by atoms with Gasteiger partial charge in [0.2, 0.25) is 0 Å². The van der Waals surface area contributed by atoms with Crippen molar-refractivity contribution in [2.24, 2.45) is 7.05 Å². The molecule has 0 saturated carbocycles. The van der Waals surface area contributed by atoms with Crippen LogP contribution in [0.5, 0.6) is 0 Å². The van der Waals surface area contributed by atoms with Gasteiger partial charge in [-0.05, 0) is 35.9 Å². The lowest BCUT2D eigenvalue weighted by molar-refractivity contribution is 0.101. The lowest BCUT2D eigenvalue weighted by atomic mass is 10.0. The number of rotatable bonds is 4. The minimum Gasteiger partial charge on any atom is -0.356 e. The smallest absolute Gasteiger partial charge is 0.266 e. The monoisotopic (exact) mass is 362 g/mol. The van der Waals surface area contributed by atoms with E-state index in [0.29, 0.717) is 11.1 Å². The Bertz CT molecular complexity index is 966. The highest BCUT2D eigenvalue weighted by molar-refractivity contribution is 6.07. The van der Waals surface area contributed by atoms with Crippen molar-refractivity contribution >= 4 is 11.6 Å². The molecule has 3 aromatic rings. The third-order valence-electron chi connectivity index (χ3n) is 3.83. The van der Waals surface area contributed by atoms with Gasteiger partial charge in [-0.2, -0.15) is 0 Å². The number of hydrogen-bond acceptors (Lipinski definition) is 1. The van der Waals surface area contributed by atoms with Gasteiger partial charge in [-0.1, -0.05) is 12.1 Å². The fourth-order valence-corrected chi connectivity index (χ4v) is 2.69. The van der Waals surface area contributed by atoms with E-state index in [2.05, 4.69) is 5.32 Å². The molecule has 0 atom stereocenters. The van der Waals surface area contributed by atoms with Crippen molar-refractivity contribution < 1.29 is 22.4 Å². The van der Waals surface area contributed by atoms with E-state index in [0.717, 1.165) is 12.3 Å². The van der Waals surface area contributed by atoms with E-state index < -0.39 is 29.5 Å². The van der Waals surface area contributed by atoms with Gasteiger partial charge in [-0.15, -0.1) is 0 Å². The average molecular weight is 362 g/mol. The SMILES string of the molecule is Cn1cc(C(=O)Nc2cc(F)ccc2-c2cccc(F)c2)c(C(F)F)c1. The molecular weight excluding hydrogens is 348 g/mol. The van der Waals surface area contributed by atoms with Crippen LogP contribution in [0.4, 0.5) is 23.2 Å². The molecule has 0 spiro atoms. The van der Waals surface area contributed by atoms with Crippen LogP contribution in [0.2, 0.25) is 0 Å². The quantitative estimate of drug-likeness (QED) is 0.639. The first-order chi connectivity index (χ1) is 12.3. The van der Waals surface area contributed by atoms with E-state index in [1.54, 1.807) is 6.07 Å². The molecule has 0 fully saturated rings. The van der Waals surface area contributed by atoms with Gasteiger partial charge in [0.1, 0.15) is 11.6 Å². The van der Waals surface area contributed by atoms with Crippen molar-refractivity contribution in [2.75, 3.05) is 5.32 Å². The third kappa shape index (κ3) is 3.61. The number of benzene rings is 2. The second-order valence-electron chi connectivity index (χ2n) is 5.75. The summed E-state index contributed by atoms with van der Waals surface area (Å²) in [6.07, 6.45) is -0.413. The van der Waals surface area contributed by atoms with Gasteiger partial charge in [0.25, 0.3) is 12.3 Å². The summed E-state index contributed by atoms with van der Waals surface area (Å²) in [5, 5.41) is 2.45. The number of carbonyl (C=O) groups excluding carboxylic acids is 1. The zero-order valence-corrected chi connectivity index (χ0v) is 13.6. The summed E-state index contributed by atoms with van der Waals surface area (Å²) < 4.78 is 54.7. The molecule has 3 nitrogen and oxygen atoms in total. The number of carbonyl (C=O) groups is 1. The van der Waals surface area contributed by atoms with E-state index >= 15 is 0 Å². The second-order valence-corrected chi connectivity index (χ2v) is 5.75. The molecule has 1 amide bonds. The number of amides is 1. The molecule has 1 heterocycles. The van der Waals surface area contributed by atoms with Gasteiger partial charge in [0, 0.05) is 30.6 Å². The Labute approximate surface area is 146 Å². The number of nitrogens with zero attached hydrogens (tertiary/aromatic N) is 1. The molecule has 1 N–H and O–H groups in total. The van der Waals surface area contributed by atoms with Crippen LogP contribution in [0.15, 0.2) is 54.9 Å². The van der Waals surface area contributed by atoms with Crippen LogP contribution < -0.4 is 5.32 Å². The maximum absolute atomic E-state index is 13.7. The highest BCUT2D eigenvalue weighted by atomic mass is 19.3. The summed E-state index contributed by atoms with van der Waals surface area (Å²) in [5.74, 6) is -1.92. The van der Waals surface area contributed by atoms with Crippen molar-refractivity contribution in [1.82, 2.24) is 4.57 Å². The minimum absolute atomic E-state index is 0.0599. The number of nitrogens with one attached hydrogen (secondary N) is 1. The van der Waals surface area contributed by atoms with Crippen LogP contribution in [0, 0.1) is 11.6 Å². The average Bonchev–Trinajstić information content (AvgIpc) is 2.97. The Morgan fingerprint density at radius 2 is 1.77 bits per heavy atom. The van der Waals surface area contributed by atoms with Gasteiger partial charge in [-0.25, -0.2) is 17.6 Å². The first kappa shape index (κ1) is 17.7. The van der Waals surface area contributed by atoms with Crippen LogP contribution >= 0.6 is 0 Å². The zero-order chi connectivity index (χ0) is 18.8. The lowest BCUT2D eigenvalue weighted by Crippen LogP contribution is -2.14. The highest BCUT2D eigenvalue weighted by Crippen LogP contribution is 2.31. The molecule has 134 valence electrons. The van der Waals surface area contributed by atoms with Crippen LogP contribution in [0.25, 0.3) is 11.1 Å². The van der Waals surface area contributed by atoms with Crippen LogP contribution in [-0.2, 0) is 7.05 Å². The fraction of sp³-hybridized carbons (Fsp3) is 0.105. The van der Waals surface area contributed by atoms with Crippen molar-refractivity contribution in [3.63, 3.8) is 0 Å². The van der Waals surface area contributed by atoms with Gasteiger partial charge < -0.3 is 9.88 Å². The molecule has 0 unspecified atom stereocenters. The van der Waals surface area contributed by atoms with Crippen molar-refractivity contribution in [3.05, 3.63) is 77.6 Å². The molecule has 0 aliphatic heterocycles. The van der Waals surface area contributed by atoms with Crippen LogP contribution in [-0.4, -0.2) is 10.5 Å². The molecule has 0 aliphatic carbocycles. The molecular formula is C19H14F4N2O. The van der Waals surface area contributed by atoms with E-state index in [4.69, 9.17) is 0 Å². The topological polar surface area (TPSA) is 34.0 Å². The van der Waals surface area contributed by atoms with Crippen molar-refractivity contribution in [1.29, 1.82) is 0 Å². The van der Waals surface area contributed by atoms with Gasteiger partial charge in [-0.3, -0.25) is 4.79 Å². The van der Waals surface area contributed by atoms with E-state index in [1.165, 1.54) is 48.1 Å². The molecule has 7 heteroatoms. The normalized spacial score (nSPS) is 11.0. The van der Waals surface area contributed by atoms with E-state index in [9.17, 15) is 22.4 Å². The highest BCUT2D eigenvalue weighted by Gasteiger charge is 2.21. The second kappa shape index (κ2) is 7.03. The first-order valence-electron chi connectivity index (χ1n) is 7.66. The van der Waals surface area contributed by atoms with Crippen LogP contribution in [0.1, 0.15) is 22.3 Å². The number of anilines is 1. The molecule has 26 heavy (non-hydrogen) atoms. The summed E-state index contributed by atoms with van der Waals surface area (Å²) in [5.41, 5.74) is 0.214. The lowest BCUT2D eigenvalue weighted by Gasteiger charge is -2.12. The summed E-state index contributed by atoms with van der Waals surface area (Å²) in [4.78, 5) is 12.5. The third-order valence-corrected chi connectivity index (χ3v) is 3.83. The molecule has 0 aliphatic rings. The number of hydrogen-bond donors (Lipinski definition) is 1. The molecule has 2 aromatic carbocycles. The van der Waals surface area contributed by atoms with Gasteiger partial charge in [0.05, 0.1) is 11.3 Å². The van der Waals surface area contributed by atoms with Gasteiger partial charge in [0.15, 0.2) is 0 Å². The Morgan fingerprint density at radius 3 is 2.46 bits per heavy atom. The maximum atomic E-state index is 13.7. The fourth-order valence-electron chi connectivity index (χ4n) is 2.69. The Hall–Kier alpha value is -3.09. The molecule has 0 saturated heterocycles. The van der Waals surface area contributed by atoms with Gasteiger partial charge >= 0.3 is 0 Å². The molecule has 0 radical (unpaired) electrons. The number of aromatic nitrogens is 1. The van der Waals surface area contributed by atoms with Crippen molar-refractivity contribution in [3.8, 4) is 11.1 Å². The maximum Gasteiger partial charge on any atom is 0.266 e. The zero-order valence-electron chi connectivity index (χ0n) is 13.6. The standard InChI is InChI=1S/C19H14F4N2O/c1-25-9-15(18(22)23)16(10-25)19(26)24-17-8-13(21)5-6-14(17)11-3-2-4-12(20)7-11/h2-10,18H,1H3,(H,24,26).